The van der Waals surface area contributed by atoms with Crippen molar-refractivity contribution >= 4 is 11.9 Å². The summed E-state index contributed by atoms with van der Waals surface area (Å²) in [5, 5.41) is 18.1. The highest BCUT2D eigenvalue weighted by molar-refractivity contribution is 6.01. The van der Waals surface area contributed by atoms with Gasteiger partial charge in [-0.15, -0.1) is 0 Å². The summed E-state index contributed by atoms with van der Waals surface area (Å²) in [5.41, 5.74) is 1.26. The second kappa shape index (κ2) is 7.33. The van der Waals surface area contributed by atoms with Crippen LogP contribution < -0.4 is 0 Å². The average molecular weight is 337 g/mol. The maximum absolute atomic E-state index is 12.5. The number of rotatable bonds is 5. The molecule has 0 aromatic heterocycles. The van der Waals surface area contributed by atoms with Gasteiger partial charge in [-0.05, 0) is 37.1 Å². The molecule has 7 heteroatoms. The standard InChI is InChI=1S/C18H19N5O2/c19-10-14-3-1-4-15(9-14)12-23-17(24)13-22(18(23)25)8-7-21-6-2-5-16(21)11-20/h1,3-4,9,16H,2,5-8,12-13H2/t16-/m0/s1. The van der Waals surface area contributed by atoms with Crippen LogP contribution in [0.15, 0.2) is 24.3 Å². The lowest BCUT2D eigenvalue weighted by molar-refractivity contribution is -0.125. The van der Waals surface area contributed by atoms with Crippen LogP contribution in [0.4, 0.5) is 4.79 Å². The smallest absolute Gasteiger partial charge is 0.314 e. The first-order valence-electron chi connectivity index (χ1n) is 8.34. The number of carbonyl (C=O) groups excluding carboxylic acids is 2. The van der Waals surface area contributed by atoms with E-state index in [0.29, 0.717) is 18.7 Å². The van der Waals surface area contributed by atoms with Gasteiger partial charge in [-0.25, -0.2) is 4.79 Å². The lowest BCUT2D eigenvalue weighted by Crippen LogP contribution is -2.39. The van der Waals surface area contributed by atoms with E-state index in [-0.39, 0.29) is 31.1 Å². The Morgan fingerprint density at radius 2 is 2.04 bits per heavy atom. The second-order valence-electron chi connectivity index (χ2n) is 6.32. The van der Waals surface area contributed by atoms with Crippen molar-refractivity contribution in [3.8, 4) is 12.1 Å². The molecule has 2 saturated heterocycles. The van der Waals surface area contributed by atoms with Crippen molar-refractivity contribution in [1.82, 2.24) is 14.7 Å². The number of carbonyl (C=O) groups is 2. The number of benzene rings is 1. The summed E-state index contributed by atoms with van der Waals surface area (Å²) in [6.45, 7) is 2.15. The summed E-state index contributed by atoms with van der Waals surface area (Å²) in [7, 11) is 0. The Kier molecular flexibility index (Phi) is 4.97. The fraction of sp³-hybridized carbons (Fsp3) is 0.444. The number of urea groups is 1. The van der Waals surface area contributed by atoms with Crippen LogP contribution in [-0.2, 0) is 11.3 Å². The highest BCUT2D eigenvalue weighted by Gasteiger charge is 2.36. The van der Waals surface area contributed by atoms with E-state index in [9.17, 15) is 9.59 Å². The van der Waals surface area contributed by atoms with Crippen molar-refractivity contribution in [1.29, 1.82) is 10.5 Å². The normalized spacial score (nSPS) is 20.8. The molecule has 128 valence electrons. The monoisotopic (exact) mass is 337 g/mol. The number of nitrogens with zero attached hydrogens (tertiary/aromatic N) is 5. The van der Waals surface area contributed by atoms with Crippen LogP contribution in [0.25, 0.3) is 0 Å². The van der Waals surface area contributed by atoms with E-state index in [1.807, 2.05) is 0 Å². The van der Waals surface area contributed by atoms with E-state index in [0.717, 1.165) is 24.9 Å². The Morgan fingerprint density at radius 3 is 2.80 bits per heavy atom. The molecular weight excluding hydrogens is 318 g/mol. The topological polar surface area (TPSA) is 91.4 Å². The molecular formula is C18H19N5O2. The lowest BCUT2D eigenvalue weighted by atomic mass is 10.1. The first-order chi connectivity index (χ1) is 12.1. The molecule has 1 aromatic carbocycles. The van der Waals surface area contributed by atoms with Gasteiger partial charge in [0.15, 0.2) is 0 Å². The van der Waals surface area contributed by atoms with Gasteiger partial charge in [0.05, 0.1) is 30.3 Å². The maximum atomic E-state index is 12.5. The van der Waals surface area contributed by atoms with E-state index in [1.54, 1.807) is 24.3 Å². The Hall–Kier alpha value is -2.90. The van der Waals surface area contributed by atoms with E-state index in [4.69, 9.17) is 10.5 Å². The fourth-order valence-corrected chi connectivity index (χ4v) is 3.34. The van der Waals surface area contributed by atoms with Crippen molar-refractivity contribution < 1.29 is 9.59 Å². The Balaban J connectivity index is 1.60. The minimum absolute atomic E-state index is 0.0713. The number of nitriles is 2. The van der Waals surface area contributed by atoms with E-state index >= 15 is 0 Å². The molecule has 2 aliphatic rings. The van der Waals surface area contributed by atoms with Crippen LogP contribution in [-0.4, -0.2) is 58.9 Å². The SMILES string of the molecule is N#Cc1cccc(CN2C(=O)CN(CCN3CCC[C@H]3C#N)C2=O)c1. The van der Waals surface area contributed by atoms with Gasteiger partial charge in [0.1, 0.15) is 6.54 Å². The predicted octanol–water partition coefficient (Wildman–Crippen LogP) is 1.31. The van der Waals surface area contributed by atoms with Crippen LogP contribution in [0.2, 0.25) is 0 Å². The molecule has 0 spiro atoms. The molecule has 0 aliphatic carbocycles. The van der Waals surface area contributed by atoms with Gasteiger partial charge in [-0.2, -0.15) is 10.5 Å². The van der Waals surface area contributed by atoms with E-state index < -0.39 is 0 Å². The second-order valence-corrected chi connectivity index (χ2v) is 6.32. The Morgan fingerprint density at radius 1 is 1.20 bits per heavy atom. The molecule has 25 heavy (non-hydrogen) atoms. The number of likely N-dealkylation sites (tertiary alicyclic amines) is 1. The molecule has 0 unspecified atom stereocenters. The zero-order chi connectivity index (χ0) is 17.8. The summed E-state index contributed by atoms with van der Waals surface area (Å²) < 4.78 is 0. The Labute approximate surface area is 146 Å². The van der Waals surface area contributed by atoms with Crippen molar-refractivity contribution in [3.63, 3.8) is 0 Å². The molecule has 3 amide bonds. The molecule has 2 heterocycles. The summed E-state index contributed by atoms with van der Waals surface area (Å²) in [6, 6.07) is 10.9. The summed E-state index contributed by atoms with van der Waals surface area (Å²) in [4.78, 5) is 29.5. The van der Waals surface area contributed by atoms with Gasteiger partial charge >= 0.3 is 6.03 Å². The van der Waals surface area contributed by atoms with Crippen LogP contribution in [0, 0.1) is 22.7 Å². The third-order valence-electron chi connectivity index (χ3n) is 4.70. The zero-order valence-corrected chi connectivity index (χ0v) is 13.9. The summed E-state index contributed by atoms with van der Waals surface area (Å²) in [6.07, 6.45) is 1.86. The fourth-order valence-electron chi connectivity index (χ4n) is 3.34. The quantitative estimate of drug-likeness (QED) is 0.756. The van der Waals surface area contributed by atoms with Crippen LogP contribution in [0.3, 0.4) is 0 Å². The molecule has 2 aliphatic heterocycles. The number of hydrogen-bond acceptors (Lipinski definition) is 5. The largest absolute Gasteiger partial charge is 0.327 e. The van der Waals surface area contributed by atoms with Crippen LogP contribution in [0.1, 0.15) is 24.0 Å². The molecule has 0 N–H and O–H groups in total. The van der Waals surface area contributed by atoms with Gasteiger partial charge in [-0.3, -0.25) is 14.6 Å². The summed E-state index contributed by atoms with van der Waals surface area (Å²) >= 11 is 0. The van der Waals surface area contributed by atoms with Gasteiger partial charge in [0.25, 0.3) is 5.91 Å². The van der Waals surface area contributed by atoms with E-state index in [2.05, 4.69) is 17.0 Å². The first kappa shape index (κ1) is 16.9. The third-order valence-corrected chi connectivity index (χ3v) is 4.70. The van der Waals surface area contributed by atoms with Crippen LogP contribution in [0.5, 0.6) is 0 Å². The third kappa shape index (κ3) is 3.62. The maximum Gasteiger partial charge on any atom is 0.327 e. The van der Waals surface area contributed by atoms with Gasteiger partial charge in [0.2, 0.25) is 0 Å². The molecule has 7 nitrogen and oxygen atoms in total. The molecule has 0 radical (unpaired) electrons. The minimum atomic E-state index is -0.305. The predicted molar refractivity (Wildman–Crippen MR) is 88.9 cm³/mol. The molecule has 3 rings (SSSR count). The lowest BCUT2D eigenvalue weighted by Gasteiger charge is -2.23. The zero-order valence-electron chi connectivity index (χ0n) is 13.9. The van der Waals surface area contributed by atoms with Crippen LogP contribution >= 0.6 is 0 Å². The molecule has 1 atom stereocenters. The molecule has 0 saturated carbocycles. The van der Waals surface area contributed by atoms with Gasteiger partial charge in [0, 0.05) is 13.1 Å². The number of hydrogen-bond donors (Lipinski definition) is 0. The molecule has 1 aromatic rings. The van der Waals surface area contributed by atoms with Crippen molar-refractivity contribution in [2.24, 2.45) is 0 Å². The minimum Gasteiger partial charge on any atom is -0.314 e. The molecule has 0 bridgehead atoms. The average Bonchev–Trinajstić information content (AvgIpc) is 3.19. The highest BCUT2D eigenvalue weighted by Crippen LogP contribution is 2.18. The van der Waals surface area contributed by atoms with Gasteiger partial charge < -0.3 is 4.90 Å². The summed E-state index contributed by atoms with van der Waals surface area (Å²) in [5.74, 6) is -0.231. The Bertz CT molecular complexity index is 763. The highest BCUT2D eigenvalue weighted by atomic mass is 16.2. The van der Waals surface area contributed by atoms with E-state index in [1.165, 1.54) is 9.80 Å². The van der Waals surface area contributed by atoms with Crippen molar-refractivity contribution in [2.75, 3.05) is 26.2 Å². The van der Waals surface area contributed by atoms with Gasteiger partial charge in [-0.1, -0.05) is 12.1 Å². The molecule has 2 fully saturated rings. The first-order valence-corrected chi connectivity index (χ1v) is 8.34. The van der Waals surface area contributed by atoms with Crippen molar-refractivity contribution in [3.05, 3.63) is 35.4 Å². The van der Waals surface area contributed by atoms with Crippen molar-refractivity contribution in [2.45, 2.75) is 25.4 Å². The number of amides is 3. The number of imide groups is 1.